The Bertz CT molecular complexity index is 272. The Morgan fingerprint density at radius 2 is 2.40 bits per heavy atom. The summed E-state index contributed by atoms with van der Waals surface area (Å²) in [5.41, 5.74) is 0. The van der Waals surface area contributed by atoms with Gasteiger partial charge in [0.15, 0.2) is 6.39 Å². The van der Waals surface area contributed by atoms with Crippen molar-refractivity contribution in [2.24, 2.45) is 0 Å². The van der Waals surface area contributed by atoms with E-state index < -0.39 is 0 Å². The fourth-order valence-electron chi connectivity index (χ4n) is 1.10. The largest absolute Gasteiger partial charge is 0.447 e. The smallest absolute Gasteiger partial charge is 0.221 e. The Labute approximate surface area is 89.3 Å². The second kappa shape index (κ2) is 7.00. The minimum Gasteiger partial charge on any atom is -0.447 e. The Kier molecular flexibility index (Phi) is 5.47. The third-order valence-electron chi connectivity index (χ3n) is 1.88. The van der Waals surface area contributed by atoms with Gasteiger partial charge in [0.1, 0.15) is 5.76 Å². The Morgan fingerprint density at radius 3 is 3.07 bits per heavy atom. The van der Waals surface area contributed by atoms with Gasteiger partial charge in [0.25, 0.3) is 0 Å². The number of amides is 1. The molecule has 5 heteroatoms. The first-order chi connectivity index (χ1) is 7.33. The van der Waals surface area contributed by atoms with Gasteiger partial charge >= 0.3 is 0 Å². The SMILES string of the molecule is CCCNC(=O)CCNCc1cnco1. The molecule has 84 valence electrons. The van der Waals surface area contributed by atoms with E-state index >= 15 is 0 Å². The van der Waals surface area contributed by atoms with Crippen molar-refractivity contribution in [2.75, 3.05) is 13.1 Å². The summed E-state index contributed by atoms with van der Waals surface area (Å²) in [5.74, 6) is 0.867. The van der Waals surface area contributed by atoms with Crippen LogP contribution >= 0.6 is 0 Å². The average molecular weight is 211 g/mol. The van der Waals surface area contributed by atoms with Crippen LogP contribution in [0.15, 0.2) is 17.0 Å². The molecule has 1 rings (SSSR count). The van der Waals surface area contributed by atoms with E-state index in [1.807, 2.05) is 6.92 Å². The van der Waals surface area contributed by atoms with E-state index in [1.165, 1.54) is 6.39 Å². The number of nitrogens with one attached hydrogen (secondary N) is 2. The highest BCUT2D eigenvalue weighted by molar-refractivity contribution is 5.75. The number of rotatable bonds is 7. The van der Waals surface area contributed by atoms with E-state index in [0.29, 0.717) is 19.5 Å². The molecule has 1 amide bonds. The van der Waals surface area contributed by atoms with Gasteiger partial charge in [-0.05, 0) is 6.42 Å². The van der Waals surface area contributed by atoms with Crippen LogP contribution < -0.4 is 10.6 Å². The molecule has 1 aromatic heterocycles. The predicted molar refractivity (Wildman–Crippen MR) is 56.1 cm³/mol. The highest BCUT2D eigenvalue weighted by atomic mass is 16.3. The zero-order chi connectivity index (χ0) is 10.9. The van der Waals surface area contributed by atoms with Crippen molar-refractivity contribution in [2.45, 2.75) is 26.3 Å². The second-order valence-corrected chi connectivity index (χ2v) is 3.24. The Hall–Kier alpha value is -1.36. The molecule has 0 aliphatic heterocycles. The molecule has 0 aromatic carbocycles. The van der Waals surface area contributed by atoms with Crippen LogP contribution in [0.25, 0.3) is 0 Å². The van der Waals surface area contributed by atoms with Crippen LogP contribution in [0.3, 0.4) is 0 Å². The molecule has 0 aliphatic carbocycles. The fraction of sp³-hybridized carbons (Fsp3) is 0.600. The number of carbonyl (C=O) groups excluding carboxylic acids is 1. The fourth-order valence-corrected chi connectivity index (χ4v) is 1.10. The van der Waals surface area contributed by atoms with Gasteiger partial charge in [0.05, 0.1) is 12.7 Å². The van der Waals surface area contributed by atoms with Crippen molar-refractivity contribution in [3.63, 3.8) is 0 Å². The van der Waals surface area contributed by atoms with Gasteiger partial charge in [-0.15, -0.1) is 0 Å². The minimum atomic E-state index is 0.0851. The maximum Gasteiger partial charge on any atom is 0.221 e. The summed E-state index contributed by atoms with van der Waals surface area (Å²) in [6.07, 6.45) is 4.51. The summed E-state index contributed by atoms with van der Waals surface area (Å²) in [5, 5.41) is 5.91. The van der Waals surface area contributed by atoms with Crippen LogP contribution in [0.1, 0.15) is 25.5 Å². The van der Waals surface area contributed by atoms with Crippen LogP contribution in [0.2, 0.25) is 0 Å². The maximum absolute atomic E-state index is 11.2. The molecule has 0 radical (unpaired) electrons. The van der Waals surface area contributed by atoms with E-state index in [4.69, 9.17) is 4.42 Å². The van der Waals surface area contributed by atoms with Gasteiger partial charge in [-0.3, -0.25) is 4.79 Å². The maximum atomic E-state index is 11.2. The van der Waals surface area contributed by atoms with Gasteiger partial charge < -0.3 is 15.1 Å². The standard InChI is InChI=1S/C10H17N3O2/c1-2-4-13-10(14)3-5-11-6-9-7-12-8-15-9/h7-8,11H,2-6H2,1H3,(H,13,14). The van der Waals surface area contributed by atoms with Crippen LogP contribution in [0.5, 0.6) is 0 Å². The number of hydrogen-bond acceptors (Lipinski definition) is 4. The molecule has 1 heterocycles. The van der Waals surface area contributed by atoms with Crippen molar-refractivity contribution in [3.05, 3.63) is 18.4 Å². The lowest BCUT2D eigenvalue weighted by Gasteiger charge is -2.03. The molecule has 0 atom stereocenters. The van der Waals surface area contributed by atoms with Crippen LogP contribution in [0.4, 0.5) is 0 Å². The summed E-state index contributed by atoms with van der Waals surface area (Å²) in [6, 6.07) is 0. The highest BCUT2D eigenvalue weighted by Crippen LogP contribution is 1.94. The monoisotopic (exact) mass is 211 g/mol. The molecule has 0 aliphatic rings. The van der Waals surface area contributed by atoms with Gasteiger partial charge in [-0.1, -0.05) is 6.92 Å². The van der Waals surface area contributed by atoms with Crippen molar-refractivity contribution in [3.8, 4) is 0 Å². The van der Waals surface area contributed by atoms with E-state index in [0.717, 1.165) is 18.7 Å². The molecule has 0 unspecified atom stereocenters. The second-order valence-electron chi connectivity index (χ2n) is 3.24. The van der Waals surface area contributed by atoms with Crippen molar-refractivity contribution in [1.29, 1.82) is 0 Å². The van der Waals surface area contributed by atoms with E-state index in [9.17, 15) is 4.79 Å². The lowest BCUT2D eigenvalue weighted by atomic mass is 10.3. The molecule has 2 N–H and O–H groups in total. The zero-order valence-corrected chi connectivity index (χ0v) is 8.95. The Balaban J connectivity index is 1.99. The lowest BCUT2D eigenvalue weighted by molar-refractivity contribution is -0.120. The molecular formula is C10H17N3O2. The van der Waals surface area contributed by atoms with Crippen LogP contribution in [-0.2, 0) is 11.3 Å². The first kappa shape index (κ1) is 11.7. The van der Waals surface area contributed by atoms with Crippen LogP contribution in [-0.4, -0.2) is 24.0 Å². The van der Waals surface area contributed by atoms with Gasteiger partial charge in [0, 0.05) is 19.5 Å². The third-order valence-corrected chi connectivity index (χ3v) is 1.88. The first-order valence-electron chi connectivity index (χ1n) is 5.17. The normalized spacial score (nSPS) is 10.2. The summed E-state index contributed by atoms with van der Waals surface area (Å²) in [6.45, 7) is 4.04. The molecule has 0 saturated heterocycles. The molecular weight excluding hydrogens is 194 g/mol. The summed E-state index contributed by atoms with van der Waals surface area (Å²) >= 11 is 0. The van der Waals surface area contributed by atoms with Crippen molar-refractivity contribution in [1.82, 2.24) is 15.6 Å². The molecule has 1 aromatic rings. The number of carbonyl (C=O) groups is 1. The molecule has 15 heavy (non-hydrogen) atoms. The number of oxazole rings is 1. The van der Waals surface area contributed by atoms with E-state index in [1.54, 1.807) is 6.20 Å². The predicted octanol–water partition coefficient (Wildman–Crippen LogP) is 0.680. The number of nitrogens with zero attached hydrogens (tertiary/aromatic N) is 1. The summed E-state index contributed by atoms with van der Waals surface area (Å²) in [7, 11) is 0. The Morgan fingerprint density at radius 1 is 1.53 bits per heavy atom. The van der Waals surface area contributed by atoms with Crippen molar-refractivity contribution >= 4 is 5.91 Å². The molecule has 0 bridgehead atoms. The highest BCUT2D eigenvalue weighted by Gasteiger charge is 2.00. The molecule has 0 fully saturated rings. The van der Waals surface area contributed by atoms with Gasteiger partial charge in [0.2, 0.25) is 5.91 Å². The van der Waals surface area contributed by atoms with Crippen LogP contribution in [0, 0.1) is 0 Å². The molecule has 0 spiro atoms. The molecule has 0 saturated carbocycles. The zero-order valence-electron chi connectivity index (χ0n) is 8.95. The topological polar surface area (TPSA) is 67.2 Å². The molecule has 5 nitrogen and oxygen atoms in total. The van der Waals surface area contributed by atoms with Gasteiger partial charge in [-0.2, -0.15) is 0 Å². The van der Waals surface area contributed by atoms with Crippen molar-refractivity contribution < 1.29 is 9.21 Å². The summed E-state index contributed by atoms with van der Waals surface area (Å²) in [4.78, 5) is 15.0. The minimum absolute atomic E-state index is 0.0851. The quantitative estimate of drug-likeness (QED) is 0.651. The lowest BCUT2D eigenvalue weighted by Crippen LogP contribution is -2.27. The number of hydrogen-bond donors (Lipinski definition) is 2. The number of aromatic nitrogens is 1. The van der Waals surface area contributed by atoms with E-state index in [2.05, 4.69) is 15.6 Å². The first-order valence-corrected chi connectivity index (χ1v) is 5.17. The average Bonchev–Trinajstić information content (AvgIpc) is 2.74. The third kappa shape index (κ3) is 5.17. The van der Waals surface area contributed by atoms with E-state index in [-0.39, 0.29) is 5.91 Å². The summed E-state index contributed by atoms with van der Waals surface area (Å²) < 4.78 is 5.03. The van der Waals surface area contributed by atoms with Gasteiger partial charge in [-0.25, -0.2) is 4.98 Å².